The fourth-order valence-corrected chi connectivity index (χ4v) is 2.66. The van der Waals surface area contributed by atoms with Crippen molar-refractivity contribution >= 4 is 29.1 Å². The van der Waals surface area contributed by atoms with Gasteiger partial charge < -0.3 is 14.6 Å². The summed E-state index contributed by atoms with van der Waals surface area (Å²) in [7, 11) is 0. The number of hydrogen-bond donors (Lipinski definition) is 1. The number of nitrogens with zero attached hydrogens (tertiary/aromatic N) is 1. The lowest BCUT2D eigenvalue weighted by atomic mass is 10.1. The summed E-state index contributed by atoms with van der Waals surface area (Å²) in [5.41, 5.74) is 0.831. The van der Waals surface area contributed by atoms with E-state index in [1.807, 2.05) is 0 Å². The highest BCUT2D eigenvalue weighted by Crippen LogP contribution is 2.24. The normalized spacial score (nSPS) is 14.1. The largest absolute Gasteiger partial charge is 0.459 e. The van der Waals surface area contributed by atoms with Crippen LogP contribution in [0.5, 0.6) is 0 Å². The van der Waals surface area contributed by atoms with Crippen LogP contribution in [0.25, 0.3) is 0 Å². The second kappa shape index (κ2) is 6.23. The Morgan fingerprint density at radius 3 is 2.64 bits per heavy atom. The molecule has 3 rings (SSSR count). The summed E-state index contributed by atoms with van der Waals surface area (Å²) in [5, 5.41) is 3.16. The molecule has 0 unspecified atom stereocenters. The molecule has 0 bridgehead atoms. The summed E-state index contributed by atoms with van der Waals surface area (Å²) in [5.74, 6) is -0.327. The van der Waals surface area contributed by atoms with Crippen molar-refractivity contribution < 1.29 is 14.0 Å². The number of furan rings is 1. The molecule has 2 heterocycles. The first-order chi connectivity index (χ1) is 10.6. The fraction of sp³-hybridized carbons (Fsp3) is 0.250. The van der Waals surface area contributed by atoms with E-state index in [1.54, 1.807) is 35.2 Å². The van der Waals surface area contributed by atoms with Crippen LogP contribution in [0.1, 0.15) is 33.8 Å². The lowest BCUT2D eigenvalue weighted by molar-refractivity contribution is 0.0794. The molecule has 1 aliphatic rings. The SMILES string of the molecule is O=C(Nc1ccc(Cl)cc1C(=O)N1CCCC1)c1ccco1. The average molecular weight is 319 g/mol. The van der Waals surface area contributed by atoms with Gasteiger partial charge in [0.2, 0.25) is 0 Å². The zero-order valence-electron chi connectivity index (χ0n) is 11.8. The number of carbonyl (C=O) groups excluding carboxylic acids is 2. The van der Waals surface area contributed by atoms with Crippen LogP contribution in [0, 0.1) is 0 Å². The van der Waals surface area contributed by atoms with Crippen LogP contribution in [-0.2, 0) is 0 Å². The van der Waals surface area contributed by atoms with Crippen molar-refractivity contribution in [2.75, 3.05) is 18.4 Å². The first-order valence-corrected chi connectivity index (χ1v) is 7.46. The Morgan fingerprint density at radius 1 is 1.18 bits per heavy atom. The number of benzene rings is 1. The van der Waals surface area contributed by atoms with E-state index in [9.17, 15) is 9.59 Å². The fourth-order valence-electron chi connectivity index (χ4n) is 2.48. The molecule has 2 aromatic rings. The summed E-state index contributed by atoms with van der Waals surface area (Å²) in [6.45, 7) is 1.47. The monoisotopic (exact) mass is 318 g/mol. The Balaban J connectivity index is 1.87. The van der Waals surface area contributed by atoms with Gasteiger partial charge in [0.1, 0.15) is 0 Å². The van der Waals surface area contributed by atoms with E-state index in [4.69, 9.17) is 16.0 Å². The summed E-state index contributed by atoms with van der Waals surface area (Å²) in [4.78, 5) is 26.4. The third-order valence-corrected chi connectivity index (χ3v) is 3.83. The van der Waals surface area contributed by atoms with Gasteiger partial charge in [-0.15, -0.1) is 0 Å². The molecule has 0 atom stereocenters. The molecule has 5 nitrogen and oxygen atoms in total. The van der Waals surface area contributed by atoms with Gasteiger partial charge >= 0.3 is 0 Å². The van der Waals surface area contributed by atoms with Crippen molar-refractivity contribution in [2.24, 2.45) is 0 Å². The number of hydrogen-bond acceptors (Lipinski definition) is 3. The molecule has 1 aromatic carbocycles. The molecule has 114 valence electrons. The maximum absolute atomic E-state index is 12.6. The second-order valence-electron chi connectivity index (χ2n) is 5.12. The predicted molar refractivity (Wildman–Crippen MR) is 83.3 cm³/mol. The van der Waals surface area contributed by atoms with Crippen molar-refractivity contribution in [1.82, 2.24) is 4.90 Å². The average Bonchev–Trinajstić information content (AvgIpc) is 3.21. The van der Waals surface area contributed by atoms with Crippen LogP contribution in [0.2, 0.25) is 5.02 Å². The standard InChI is InChI=1S/C16H15ClN2O3/c17-11-5-6-13(18-15(20)14-4-3-9-22-14)12(10-11)16(21)19-7-1-2-8-19/h3-6,9-10H,1-2,7-8H2,(H,18,20). The van der Waals surface area contributed by atoms with Gasteiger partial charge in [-0.2, -0.15) is 0 Å². The molecule has 0 aliphatic carbocycles. The smallest absolute Gasteiger partial charge is 0.291 e. The molecule has 6 heteroatoms. The van der Waals surface area contributed by atoms with Crippen LogP contribution in [-0.4, -0.2) is 29.8 Å². The van der Waals surface area contributed by atoms with Gasteiger partial charge in [0.25, 0.3) is 11.8 Å². The van der Waals surface area contributed by atoms with Crippen LogP contribution in [0.15, 0.2) is 41.0 Å². The molecule has 1 aliphatic heterocycles. The molecule has 0 radical (unpaired) electrons. The highest BCUT2D eigenvalue weighted by atomic mass is 35.5. The number of carbonyl (C=O) groups is 2. The van der Waals surface area contributed by atoms with Gasteiger partial charge in [-0.05, 0) is 43.2 Å². The first kappa shape index (κ1) is 14.7. The van der Waals surface area contributed by atoms with Crippen LogP contribution in [0.3, 0.4) is 0 Å². The van der Waals surface area contributed by atoms with E-state index < -0.39 is 5.91 Å². The van der Waals surface area contributed by atoms with Crippen LogP contribution in [0.4, 0.5) is 5.69 Å². The second-order valence-corrected chi connectivity index (χ2v) is 5.56. The van der Waals surface area contributed by atoms with Gasteiger partial charge in [-0.3, -0.25) is 9.59 Å². The Hall–Kier alpha value is -2.27. The van der Waals surface area contributed by atoms with Crippen molar-refractivity contribution in [3.63, 3.8) is 0 Å². The van der Waals surface area contributed by atoms with Crippen LogP contribution < -0.4 is 5.32 Å². The summed E-state index contributed by atoms with van der Waals surface area (Å²) < 4.78 is 5.06. The van der Waals surface area contributed by atoms with Crippen molar-refractivity contribution in [3.05, 3.63) is 52.9 Å². The zero-order chi connectivity index (χ0) is 15.5. The van der Waals surface area contributed by atoms with Gasteiger partial charge in [0.15, 0.2) is 5.76 Å². The van der Waals surface area contributed by atoms with E-state index >= 15 is 0 Å². The van der Waals surface area contributed by atoms with E-state index in [0.29, 0.717) is 16.3 Å². The molecular weight excluding hydrogens is 304 g/mol. The molecule has 1 N–H and O–H groups in total. The van der Waals surface area contributed by atoms with Gasteiger partial charge in [0.05, 0.1) is 17.5 Å². The van der Waals surface area contributed by atoms with E-state index in [0.717, 1.165) is 25.9 Å². The van der Waals surface area contributed by atoms with Crippen molar-refractivity contribution in [1.29, 1.82) is 0 Å². The number of amides is 2. The molecule has 0 saturated carbocycles. The minimum Gasteiger partial charge on any atom is -0.459 e. The van der Waals surface area contributed by atoms with Gasteiger partial charge in [-0.1, -0.05) is 11.6 Å². The topological polar surface area (TPSA) is 62.6 Å². The number of nitrogens with one attached hydrogen (secondary N) is 1. The first-order valence-electron chi connectivity index (χ1n) is 7.09. The summed E-state index contributed by atoms with van der Waals surface area (Å²) >= 11 is 6.00. The van der Waals surface area contributed by atoms with Crippen LogP contribution >= 0.6 is 11.6 Å². The molecular formula is C16H15ClN2O3. The van der Waals surface area contributed by atoms with Crippen molar-refractivity contribution in [2.45, 2.75) is 12.8 Å². The minimum absolute atomic E-state index is 0.116. The summed E-state index contributed by atoms with van der Waals surface area (Å²) in [6.07, 6.45) is 3.42. The summed E-state index contributed by atoms with van der Waals surface area (Å²) in [6, 6.07) is 8.05. The molecule has 1 aromatic heterocycles. The Kier molecular flexibility index (Phi) is 4.15. The molecule has 22 heavy (non-hydrogen) atoms. The van der Waals surface area contributed by atoms with E-state index in [2.05, 4.69) is 5.32 Å². The minimum atomic E-state index is -0.400. The van der Waals surface area contributed by atoms with Crippen molar-refractivity contribution in [3.8, 4) is 0 Å². The highest BCUT2D eigenvalue weighted by Gasteiger charge is 2.23. The zero-order valence-corrected chi connectivity index (χ0v) is 12.6. The van der Waals surface area contributed by atoms with Gasteiger partial charge in [0, 0.05) is 18.1 Å². The molecule has 1 fully saturated rings. The number of anilines is 1. The Labute approximate surface area is 132 Å². The molecule has 2 amide bonds. The number of rotatable bonds is 3. The lowest BCUT2D eigenvalue weighted by Crippen LogP contribution is -2.28. The lowest BCUT2D eigenvalue weighted by Gasteiger charge is -2.18. The Bertz CT molecular complexity index is 691. The third kappa shape index (κ3) is 2.99. The van der Waals surface area contributed by atoms with Gasteiger partial charge in [-0.25, -0.2) is 0 Å². The maximum atomic E-state index is 12.6. The molecule has 0 spiro atoms. The van der Waals surface area contributed by atoms with E-state index in [1.165, 1.54) is 6.26 Å². The highest BCUT2D eigenvalue weighted by molar-refractivity contribution is 6.31. The molecule has 1 saturated heterocycles. The van der Waals surface area contributed by atoms with E-state index in [-0.39, 0.29) is 11.7 Å². The Morgan fingerprint density at radius 2 is 1.95 bits per heavy atom. The third-order valence-electron chi connectivity index (χ3n) is 3.60. The number of halogens is 1. The quantitative estimate of drug-likeness (QED) is 0.943. The maximum Gasteiger partial charge on any atom is 0.291 e. The predicted octanol–water partition coefficient (Wildman–Crippen LogP) is 3.42. The number of likely N-dealkylation sites (tertiary alicyclic amines) is 1.